The number of hydrogen-bond donors (Lipinski definition) is 2. The summed E-state index contributed by atoms with van der Waals surface area (Å²) in [5.41, 5.74) is 3.51. The molecule has 2 aromatic rings. The first-order valence-electron chi connectivity index (χ1n) is 8.53. The number of ether oxygens (including phenoxy) is 2. The maximum atomic E-state index is 12.1. The SMILES string of the molecule is COc1ccc2c(c1)C[C@@H](NC(=O)NCCc1ccc(C)cc1)CO2. The van der Waals surface area contributed by atoms with Gasteiger partial charge in [0.05, 0.1) is 13.2 Å². The van der Waals surface area contributed by atoms with Gasteiger partial charge in [-0.15, -0.1) is 0 Å². The van der Waals surface area contributed by atoms with E-state index in [9.17, 15) is 4.79 Å². The fourth-order valence-corrected chi connectivity index (χ4v) is 2.90. The number of benzene rings is 2. The van der Waals surface area contributed by atoms with Crippen molar-refractivity contribution in [3.05, 3.63) is 59.2 Å². The van der Waals surface area contributed by atoms with Gasteiger partial charge in [0.25, 0.3) is 0 Å². The molecule has 0 spiro atoms. The van der Waals surface area contributed by atoms with Crippen molar-refractivity contribution in [2.75, 3.05) is 20.3 Å². The van der Waals surface area contributed by atoms with Crippen molar-refractivity contribution in [2.24, 2.45) is 0 Å². The largest absolute Gasteiger partial charge is 0.497 e. The van der Waals surface area contributed by atoms with E-state index in [0.29, 0.717) is 13.2 Å². The molecule has 0 unspecified atom stereocenters. The number of carbonyl (C=O) groups excluding carboxylic acids is 1. The van der Waals surface area contributed by atoms with Gasteiger partial charge in [-0.25, -0.2) is 4.79 Å². The number of hydrogen-bond acceptors (Lipinski definition) is 3. The van der Waals surface area contributed by atoms with E-state index in [1.807, 2.05) is 18.2 Å². The van der Waals surface area contributed by atoms with Crippen molar-refractivity contribution in [1.29, 1.82) is 0 Å². The minimum atomic E-state index is -0.160. The lowest BCUT2D eigenvalue weighted by molar-refractivity contribution is 0.214. The number of nitrogens with one attached hydrogen (secondary N) is 2. The van der Waals surface area contributed by atoms with E-state index in [1.165, 1.54) is 11.1 Å². The molecule has 1 atom stereocenters. The molecule has 2 N–H and O–H groups in total. The molecule has 0 aromatic heterocycles. The normalized spacial score (nSPS) is 15.7. The molecule has 5 nitrogen and oxygen atoms in total. The molecule has 1 aliphatic rings. The number of amides is 2. The zero-order chi connectivity index (χ0) is 17.6. The first-order chi connectivity index (χ1) is 12.1. The molecular formula is C20H24N2O3. The number of methoxy groups -OCH3 is 1. The molecule has 2 amide bonds. The van der Waals surface area contributed by atoms with Crippen LogP contribution < -0.4 is 20.1 Å². The zero-order valence-corrected chi connectivity index (χ0v) is 14.7. The third-order valence-corrected chi connectivity index (χ3v) is 4.33. The third-order valence-electron chi connectivity index (χ3n) is 4.33. The lowest BCUT2D eigenvalue weighted by Gasteiger charge is -2.26. The molecule has 1 heterocycles. The molecular weight excluding hydrogens is 316 g/mol. The smallest absolute Gasteiger partial charge is 0.315 e. The van der Waals surface area contributed by atoms with Gasteiger partial charge in [0, 0.05) is 6.54 Å². The second kappa shape index (κ2) is 7.92. The van der Waals surface area contributed by atoms with Gasteiger partial charge in [-0.1, -0.05) is 29.8 Å². The summed E-state index contributed by atoms with van der Waals surface area (Å²) < 4.78 is 11.0. The minimum Gasteiger partial charge on any atom is -0.497 e. The Hall–Kier alpha value is -2.69. The predicted molar refractivity (Wildman–Crippen MR) is 97.4 cm³/mol. The van der Waals surface area contributed by atoms with Crippen LogP contribution in [0.4, 0.5) is 4.79 Å². The first-order valence-corrected chi connectivity index (χ1v) is 8.53. The lowest BCUT2D eigenvalue weighted by Crippen LogP contribution is -2.47. The van der Waals surface area contributed by atoms with Crippen molar-refractivity contribution in [3.8, 4) is 11.5 Å². The Morgan fingerprint density at radius 1 is 1.24 bits per heavy atom. The molecule has 5 heteroatoms. The fourth-order valence-electron chi connectivity index (χ4n) is 2.90. The number of carbonyl (C=O) groups is 1. The summed E-state index contributed by atoms with van der Waals surface area (Å²) in [6.07, 6.45) is 1.55. The van der Waals surface area contributed by atoms with Crippen LogP contribution in [-0.4, -0.2) is 32.3 Å². The second-order valence-electron chi connectivity index (χ2n) is 6.32. The van der Waals surface area contributed by atoms with Gasteiger partial charge in [0.2, 0.25) is 0 Å². The Morgan fingerprint density at radius 3 is 2.80 bits per heavy atom. The van der Waals surface area contributed by atoms with Crippen LogP contribution in [0.1, 0.15) is 16.7 Å². The molecule has 2 aromatic carbocycles. The van der Waals surface area contributed by atoms with Gasteiger partial charge < -0.3 is 20.1 Å². The van der Waals surface area contributed by atoms with E-state index in [1.54, 1.807) is 7.11 Å². The standard InChI is InChI=1S/C20H24N2O3/c1-14-3-5-15(6-4-14)9-10-21-20(23)22-17-11-16-12-18(24-2)7-8-19(16)25-13-17/h3-8,12,17H,9-11,13H2,1-2H3,(H2,21,22,23)/t17-/m1/s1. The highest BCUT2D eigenvalue weighted by molar-refractivity contribution is 5.74. The molecule has 0 fully saturated rings. The lowest BCUT2D eigenvalue weighted by atomic mass is 10.0. The summed E-state index contributed by atoms with van der Waals surface area (Å²) in [6, 6.07) is 13.9. The Bertz CT molecular complexity index is 728. The van der Waals surface area contributed by atoms with Gasteiger partial charge in [0.1, 0.15) is 18.1 Å². The van der Waals surface area contributed by atoms with Gasteiger partial charge >= 0.3 is 6.03 Å². The summed E-state index contributed by atoms with van der Waals surface area (Å²) in [5.74, 6) is 1.66. The van der Waals surface area contributed by atoms with E-state index < -0.39 is 0 Å². The Balaban J connectivity index is 1.46. The molecule has 0 radical (unpaired) electrons. The highest BCUT2D eigenvalue weighted by Gasteiger charge is 2.21. The summed E-state index contributed by atoms with van der Waals surface area (Å²) in [4.78, 5) is 12.1. The summed E-state index contributed by atoms with van der Waals surface area (Å²) >= 11 is 0. The van der Waals surface area contributed by atoms with Crippen molar-refractivity contribution in [2.45, 2.75) is 25.8 Å². The maximum Gasteiger partial charge on any atom is 0.315 e. The fraction of sp³-hybridized carbons (Fsp3) is 0.350. The van der Waals surface area contributed by atoms with Crippen molar-refractivity contribution < 1.29 is 14.3 Å². The quantitative estimate of drug-likeness (QED) is 0.880. The highest BCUT2D eigenvalue weighted by atomic mass is 16.5. The zero-order valence-electron chi connectivity index (χ0n) is 14.7. The van der Waals surface area contributed by atoms with Crippen LogP contribution in [0.25, 0.3) is 0 Å². The number of rotatable bonds is 5. The van der Waals surface area contributed by atoms with Crippen LogP contribution in [0, 0.1) is 6.92 Å². The molecule has 0 bridgehead atoms. The molecule has 132 valence electrons. The Labute approximate surface area is 148 Å². The van der Waals surface area contributed by atoms with Crippen LogP contribution >= 0.6 is 0 Å². The molecule has 1 aliphatic heterocycles. The van der Waals surface area contributed by atoms with E-state index in [2.05, 4.69) is 41.8 Å². The summed E-state index contributed by atoms with van der Waals surface area (Å²) in [7, 11) is 1.64. The maximum absolute atomic E-state index is 12.1. The van der Waals surface area contributed by atoms with Gasteiger partial charge in [0.15, 0.2) is 0 Å². The van der Waals surface area contributed by atoms with Gasteiger partial charge in [-0.2, -0.15) is 0 Å². The topological polar surface area (TPSA) is 59.6 Å². The van der Waals surface area contributed by atoms with Crippen molar-refractivity contribution in [3.63, 3.8) is 0 Å². The van der Waals surface area contributed by atoms with E-state index >= 15 is 0 Å². The summed E-state index contributed by atoms with van der Waals surface area (Å²) in [6.45, 7) is 3.15. The van der Waals surface area contributed by atoms with Crippen molar-refractivity contribution >= 4 is 6.03 Å². The number of urea groups is 1. The molecule has 0 saturated carbocycles. The first kappa shape index (κ1) is 17.1. The monoisotopic (exact) mass is 340 g/mol. The van der Waals surface area contributed by atoms with E-state index in [4.69, 9.17) is 9.47 Å². The highest BCUT2D eigenvalue weighted by Crippen LogP contribution is 2.28. The van der Waals surface area contributed by atoms with Gasteiger partial charge in [-0.3, -0.25) is 0 Å². The van der Waals surface area contributed by atoms with Crippen LogP contribution in [0.5, 0.6) is 11.5 Å². The van der Waals surface area contributed by atoms with Crippen LogP contribution in [0.2, 0.25) is 0 Å². The molecule has 25 heavy (non-hydrogen) atoms. The molecule has 3 rings (SSSR count). The molecule has 0 saturated heterocycles. The average Bonchev–Trinajstić information content (AvgIpc) is 2.62. The Morgan fingerprint density at radius 2 is 2.04 bits per heavy atom. The van der Waals surface area contributed by atoms with E-state index in [0.717, 1.165) is 29.9 Å². The van der Waals surface area contributed by atoms with Crippen LogP contribution in [0.15, 0.2) is 42.5 Å². The van der Waals surface area contributed by atoms with Gasteiger partial charge in [-0.05, 0) is 49.1 Å². The third kappa shape index (κ3) is 4.66. The molecule has 0 aliphatic carbocycles. The average molecular weight is 340 g/mol. The van der Waals surface area contributed by atoms with Crippen LogP contribution in [0.3, 0.4) is 0 Å². The number of aryl methyl sites for hydroxylation is 1. The number of fused-ring (bicyclic) bond motifs is 1. The second-order valence-corrected chi connectivity index (χ2v) is 6.32. The minimum absolute atomic E-state index is 0.0426. The van der Waals surface area contributed by atoms with Crippen LogP contribution in [-0.2, 0) is 12.8 Å². The Kier molecular flexibility index (Phi) is 5.43. The summed E-state index contributed by atoms with van der Waals surface area (Å²) in [5, 5.41) is 5.89. The van der Waals surface area contributed by atoms with Crippen molar-refractivity contribution in [1.82, 2.24) is 10.6 Å². The van der Waals surface area contributed by atoms with E-state index in [-0.39, 0.29) is 12.1 Å². The predicted octanol–water partition coefficient (Wildman–Crippen LogP) is 2.85.